The Kier molecular flexibility index (Phi) is 5.88. The second kappa shape index (κ2) is 7.88. The number of hydrogen-bond acceptors (Lipinski definition) is 2. The second-order valence-corrected chi connectivity index (χ2v) is 5.94. The fourth-order valence-corrected chi connectivity index (χ4v) is 2.61. The van der Waals surface area contributed by atoms with Crippen molar-refractivity contribution in [2.75, 3.05) is 6.54 Å². The lowest BCUT2D eigenvalue weighted by atomic mass is 9.87. The highest BCUT2D eigenvalue weighted by atomic mass is 19.1. The molecule has 0 saturated carbocycles. The molecule has 0 aliphatic rings. The van der Waals surface area contributed by atoms with Gasteiger partial charge in [-0.05, 0) is 29.2 Å². The molecule has 0 aliphatic carbocycles. The summed E-state index contributed by atoms with van der Waals surface area (Å²) < 4.78 is 12.9. The van der Waals surface area contributed by atoms with E-state index in [1.54, 1.807) is 0 Å². The van der Waals surface area contributed by atoms with Crippen LogP contribution in [0.1, 0.15) is 37.0 Å². The molecule has 2 rings (SSSR count). The largest absolute Gasteiger partial charge is 0.387 e. The Morgan fingerprint density at radius 2 is 1.65 bits per heavy atom. The second-order valence-electron chi connectivity index (χ2n) is 5.94. The summed E-state index contributed by atoms with van der Waals surface area (Å²) in [5, 5.41) is 12.9. The van der Waals surface area contributed by atoms with Crippen molar-refractivity contribution in [3.05, 3.63) is 71.5 Å². The molecule has 0 aromatic heterocycles. The summed E-state index contributed by atoms with van der Waals surface area (Å²) in [6.07, 6.45) is -0.858. The van der Waals surface area contributed by atoms with Crippen molar-refractivity contribution in [2.45, 2.75) is 25.9 Å². The Hall–Kier alpha value is -2.20. The van der Waals surface area contributed by atoms with Gasteiger partial charge in [-0.1, -0.05) is 56.3 Å². The Morgan fingerprint density at radius 1 is 1.04 bits per heavy atom. The molecular weight excluding hydrogens is 293 g/mol. The first-order valence-corrected chi connectivity index (χ1v) is 7.75. The number of aliphatic hydroxyl groups excluding tert-OH is 1. The smallest absolute Gasteiger partial charge is 0.227 e. The molecule has 4 heteroatoms. The predicted octanol–water partition coefficient (Wildman–Crippen LogP) is 3.42. The van der Waals surface area contributed by atoms with Crippen LogP contribution in [0.3, 0.4) is 0 Å². The van der Waals surface area contributed by atoms with Crippen LogP contribution >= 0.6 is 0 Å². The van der Waals surface area contributed by atoms with Gasteiger partial charge in [-0.25, -0.2) is 4.39 Å². The summed E-state index contributed by atoms with van der Waals surface area (Å²) in [5.74, 6) is -0.599. The van der Waals surface area contributed by atoms with Gasteiger partial charge in [0.05, 0.1) is 12.0 Å². The molecule has 122 valence electrons. The third kappa shape index (κ3) is 4.63. The third-order valence-electron chi connectivity index (χ3n) is 3.83. The number of aliphatic hydroxyl groups is 1. The van der Waals surface area contributed by atoms with Gasteiger partial charge in [-0.15, -0.1) is 0 Å². The molecule has 0 saturated heterocycles. The molecule has 0 aliphatic heterocycles. The number of hydrogen-bond donors (Lipinski definition) is 2. The van der Waals surface area contributed by atoms with Gasteiger partial charge in [0.1, 0.15) is 5.82 Å². The normalized spacial score (nSPS) is 13.6. The summed E-state index contributed by atoms with van der Waals surface area (Å²) in [5.41, 5.74) is 1.53. The van der Waals surface area contributed by atoms with Crippen LogP contribution in [0.5, 0.6) is 0 Å². The average molecular weight is 315 g/mol. The van der Waals surface area contributed by atoms with Gasteiger partial charge >= 0.3 is 0 Å². The first-order chi connectivity index (χ1) is 11.0. The molecule has 2 unspecified atom stereocenters. The van der Waals surface area contributed by atoms with E-state index in [1.807, 2.05) is 44.2 Å². The summed E-state index contributed by atoms with van der Waals surface area (Å²) in [6, 6.07) is 15.2. The minimum Gasteiger partial charge on any atom is -0.387 e. The number of carbonyl (C=O) groups excluding carboxylic acids is 1. The molecule has 2 aromatic rings. The van der Waals surface area contributed by atoms with Crippen LogP contribution in [0.2, 0.25) is 0 Å². The van der Waals surface area contributed by atoms with E-state index < -0.39 is 6.10 Å². The number of halogens is 1. The van der Waals surface area contributed by atoms with Crippen molar-refractivity contribution >= 4 is 5.91 Å². The molecule has 0 radical (unpaired) electrons. The average Bonchev–Trinajstić information content (AvgIpc) is 2.54. The molecule has 23 heavy (non-hydrogen) atoms. The first kappa shape index (κ1) is 17.2. The molecule has 0 heterocycles. The zero-order valence-electron chi connectivity index (χ0n) is 13.4. The molecule has 0 bridgehead atoms. The van der Waals surface area contributed by atoms with Gasteiger partial charge < -0.3 is 10.4 Å². The Balaban J connectivity index is 2.00. The number of nitrogens with one attached hydrogen (secondary N) is 1. The number of amides is 1. The Bertz CT molecular complexity index is 626. The lowest BCUT2D eigenvalue weighted by molar-refractivity contribution is -0.124. The summed E-state index contributed by atoms with van der Waals surface area (Å²) in [6.45, 7) is 4.09. The zero-order valence-corrected chi connectivity index (χ0v) is 13.4. The van der Waals surface area contributed by atoms with Crippen molar-refractivity contribution in [2.24, 2.45) is 5.92 Å². The van der Waals surface area contributed by atoms with E-state index in [2.05, 4.69) is 5.32 Å². The summed E-state index contributed by atoms with van der Waals surface area (Å²) >= 11 is 0. The highest BCUT2D eigenvalue weighted by molar-refractivity contribution is 5.83. The van der Waals surface area contributed by atoms with E-state index in [0.29, 0.717) is 5.56 Å². The van der Waals surface area contributed by atoms with Crippen LogP contribution in [0.25, 0.3) is 0 Å². The standard InChI is InChI=1S/C19H22FNO2/c1-13(2)18(15-6-4-3-5-7-15)19(23)21-12-17(22)14-8-10-16(20)11-9-14/h3-11,13,17-18,22H,12H2,1-2H3,(H,21,23). The fourth-order valence-electron chi connectivity index (χ4n) is 2.61. The van der Waals surface area contributed by atoms with Crippen molar-refractivity contribution < 1.29 is 14.3 Å². The van der Waals surface area contributed by atoms with E-state index in [9.17, 15) is 14.3 Å². The van der Waals surface area contributed by atoms with Crippen LogP contribution in [-0.4, -0.2) is 17.6 Å². The molecule has 2 aromatic carbocycles. The van der Waals surface area contributed by atoms with Crippen molar-refractivity contribution in [1.82, 2.24) is 5.32 Å². The molecule has 3 nitrogen and oxygen atoms in total. The van der Waals surface area contributed by atoms with Crippen molar-refractivity contribution in [3.8, 4) is 0 Å². The topological polar surface area (TPSA) is 49.3 Å². The highest BCUT2D eigenvalue weighted by Crippen LogP contribution is 2.24. The van der Waals surface area contributed by atoms with E-state index in [-0.39, 0.29) is 30.1 Å². The van der Waals surface area contributed by atoms with Gasteiger partial charge in [0, 0.05) is 6.54 Å². The van der Waals surface area contributed by atoms with E-state index in [4.69, 9.17) is 0 Å². The van der Waals surface area contributed by atoms with Gasteiger partial charge in [0.25, 0.3) is 0 Å². The monoisotopic (exact) mass is 315 g/mol. The lowest BCUT2D eigenvalue weighted by Gasteiger charge is -2.22. The molecular formula is C19H22FNO2. The van der Waals surface area contributed by atoms with Gasteiger partial charge in [-0.2, -0.15) is 0 Å². The van der Waals surface area contributed by atoms with Crippen LogP contribution < -0.4 is 5.32 Å². The highest BCUT2D eigenvalue weighted by Gasteiger charge is 2.24. The number of rotatable bonds is 6. The zero-order chi connectivity index (χ0) is 16.8. The van der Waals surface area contributed by atoms with E-state index >= 15 is 0 Å². The van der Waals surface area contributed by atoms with Crippen LogP contribution in [0.15, 0.2) is 54.6 Å². The molecule has 0 spiro atoms. The van der Waals surface area contributed by atoms with Crippen molar-refractivity contribution in [1.29, 1.82) is 0 Å². The quantitative estimate of drug-likeness (QED) is 0.858. The minimum absolute atomic E-state index is 0.0977. The Labute approximate surface area is 136 Å². The van der Waals surface area contributed by atoms with E-state index in [1.165, 1.54) is 24.3 Å². The SMILES string of the molecule is CC(C)C(C(=O)NCC(O)c1ccc(F)cc1)c1ccccc1. The summed E-state index contributed by atoms with van der Waals surface area (Å²) in [4.78, 5) is 12.5. The van der Waals surface area contributed by atoms with Gasteiger partial charge in [0.2, 0.25) is 5.91 Å². The fraction of sp³-hybridized carbons (Fsp3) is 0.316. The Morgan fingerprint density at radius 3 is 2.22 bits per heavy atom. The predicted molar refractivity (Wildman–Crippen MR) is 88.4 cm³/mol. The molecule has 0 fully saturated rings. The molecule has 1 amide bonds. The maximum Gasteiger partial charge on any atom is 0.227 e. The first-order valence-electron chi connectivity index (χ1n) is 7.75. The lowest BCUT2D eigenvalue weighted by Crippen LogP contribution is -2.34. The van der Waals surface area contributed by atoms with E-state index in [0.717, 1.165) is 5.56 Å². The number of benzene rings is 2. The molecule has 2 atom stereocenters. The maximum atomic E-state index is 12.9. The maximum absolute atomic E-state index is 12.9. The van der Waals surface area contributed by atoms with Crippen LogP contribution in [0, 0.1) is 11.7 Å². The minimum atomic E-state index is -0.858. The van der Waals surface area contributed by atoms with Gasteiger partial charge in [0.15, 0.2) is 0 Å². The number of carbonyl (C=O) groups is 1. The van der Waals surface area contributed by atoms with Crippen molar-refractivity contribution in [3.63, 3.8) is 0 Å². The van der Waals surface area contributed by atoms with Crippen LogP contribution in [-0.2, 0) is 4.79 Å². The third-order valence-corrected chi connectivity index (χ3v) is 3.83. The molecule has 2 N–H and O–H groups in total. The van der Waals surface area contributed by atoms with Gasteiger partial charge in [-0.3, -0.25) is 4.79 Å². The van der Waals surface area contributed by atoms with Crippen LogP contribution in [0.4, 0.5) is 4.39 Å². The summed E-state index contributed by atoms with van der Waals surface area (Å²) in [7, 11) is 0.